The number of carbonyl (C=O) groups excluding carboxylic acids is 1. The fourth-order valence-corrected chi connectivity index (χ4v) is 2.52. The summed E-state index contributed by atoms with van der Waals surface area (Å²) in [6.45, 7) is 3.60. The number of hydrogen-bond acceptors (Lipinski definition) is 3. The average Bonchev–Trinajstić information content (AvgIpc) is 3.10. The van der Waals surface area contributed by atoms with Gasteiger partial charge < -0.3 is 5.32 Å². The second kappa shape index (κ2) is 6.62. The number of amides is 1. The number of benzene rings is 2. The van der Waals surface area contributed by atoms with Gasteiger partial charge >= 0.3 is 6.18 Å². The lowest BCUT2D eigenvalue weighted by Crippen LogP contribution is -2.16. The van der Waals surface area contributed by atoms with Gasteiger partial charge in [-0.15, -0.1) is 0 Å². The van der Waals surface area contributed by atoms with Crippen molar-refractivity contribution in [3.8, 4) is 5.69 Å². The highest BCUT2D eigenvalue weighted by Crippen LogP contribution is 2.33. The number of halogens is 3. The molecule has 134 valence electrons. The number of carbonyl (C=O) groups is 1. The number of hydrogen-bond donors (Lipinski definition) is 1. The number of nitrogens with zero attached hydrogens (tertiary/aromatic N) is 3. The van der Waals surface area contributed by atoms with Crippen LogP contribution in [0.2, 0.25) is 0 Å². The first-order valence-corrected chi connectivity index (χ1v) is 7.70. The molecule has 0 radical (unpaired) electrons. The number of anilines is 1. The van der Waals surface area contributed by atoms with E-state index >= 15 is 0 Å². The monoisotopic (exact) mass is 360 g/mol. The second-order valence-electron chi connectivity index (χ2n) is 5.84. The van der Waals surface area contributed by atoms with Crippen LogP contribution in [0.25, 0.3) is 5.69 Å². The molecule has 5 nitrogen and oxygen atoms in total. The first-order chi connectivity index (χ1) is 12.3. The molecule has 0 bridgehead atoms. The van der Waals surface area contributed by atoms with Gasteiger partial charge in [-0.1, -0.05) is 17.7 Å². The third-order valence-corrected chi connectivity index (χ3v) is 3.88. The molecule has 0 aliphatic carbocycles. The maximum atomic E-state index is 13.1. The second-order valence-corrected chi connectivity index (χ2v) is 5.84. The van der Waals surface area contributed by atoms with Crippen LogP contribution in [0, 0.1) is 13.8 Å². The molecule has 26 heavy (non-hydrogen) atoms. The Morgan fingerprint density at radius 3 is 2.54 bits per heavy atom. The summed E-state index contributed by atoms with van der Waals surface area (Å²) >= 11 is 0. The normalized spacial score (nSPS) is 11.4. The van der Waals surface area contributed by atoms with Gasteiger partial charge in [0.2, 0.25) is 0 Å². The van der Waals surface area contributed by atoms with E-state index in [9.17, 15) is 18.0 Å². The molecule has 0 spiro atoms. The molecule has 0 saturated heterocycles. The Balaban J connectivity index is 2.04. The van der Waals surface area contributed by atoms with Gasteiger partial charge in [-0.25, -0.2) is 9.67 Å². The van der Waals surface area contributed by atoms with Gasteiger partial charge in [-0.2, -0.15) is 18.3 Å². The third-order valence-electron chi connectivity index (χ3n) is 3.88. The number of nitrogens with one attached hydrogen (secondary N) is 1. The molecule has 0 fully saturated rings. The van der Waals surface area contributed by atoms with Crippen LogP contribution in [0.3, 0.4) is 0 Å². The quantitative estimate of drug-likeness (QED) is 0.763. The van der Waals surface area contributed by atoms with Crippen molar-refractivity contribution in [2.75, 3.05) is 5.32 Å². The standard InChI is InChI=1S/C18H15F3N4O/c1-11-3-4-12(2)14(7-11)17(26)24-15-8-13(18(19,20)21)5-6-16(15)25-10-22-9-23-25/h3-10H,1-2H3,(H,24,26). The Labute approximate surface area is 147 Å². The minimum atomic E-state index is -4.53. The summed E-state index contributed by atoms with van der Waals surface area (Å²) < 4.78 is 40.5. The van der Waals surface area contributed by atoms with Crippen LogP contribution >= 0.6 is 0 Å². The van der Waals surface area contributed by atoms with E-state index < -0.39 is 17.6 Å². The van der Waals surface area contributed by atoms with Crippen LogP contribution in [-0.2, 0) is 6.18 Å². The lowest BCUT2D eigenvalue weighted by molar-refractivity contribution is -0.137. The number of aromatic nitrogens is 3. The summed E-state index contributed by atoms with van der Waals surface area (Å²) in [4.78, 5) is 16.4. The van der Waals surface area contributed by atoms with Crippen molar-refractivity contribution in [3.05, 3.63) is 71.3 Å². The molecule has 3 rings (SSSR count). The third kappa shape index (κ3) is 3.58. The highest BCUT2D eigenvalue weighted by molar-refractivity contribution is 6.06. The Morgan fingerprint density at radius 1 is 1.12 bits per heavy atom. The first kappa shape index (κ1) is 17.7. The van der Waals surface area contributed by atoms with Crippen LogP contribution in [0.15, 0.2) is 49.1 Å². The Hall–Kier alpha value is -3.16. The van der Waals surface area contributed by atoms with Gasteiger partial charge in [-0.3, -0.25) is 4.79 Å². The van der Waals surface area contributed by atoms with Crippen molar-refractivity contribution in [3.63, 3.8) is 0 Å². The first-order valence-electron chi connectivity index (χ1n) is 7.70. The van der Waals surface area contributed by atoms with Crippen LogP contribution in [0.4, 0.5) is 18.9 Å². The van der Waals surface area contributed by atoms with Gasteiger partial charge in [0.1, 0.15) is 12.7 Å². The lowest BCUT2D eigenvalue weighted by Gasteiger charge is -2.15. The van der Waals surface area contributed by atoms with Crippen molar-refractivity contribution in [2.45, 2.75) is 20.0 Å². The van der Waals surface area contributed by atoms with Crippen molar-refractivity contribution in [1.82, 2.24) is 14.8 Å². The Morgan fingerprint density at radius 2 is 1.88 bits per heavy atom. The maximum Gasteiger partial charge on any atom is 0.416 e. The largest absolute Gasteiger partial charge is 0.416 e. The minimum absolute atomic E-state index is 0.00349. The molecule has 1 N–H and O–H groups in total. The fraction of sp³-hybridized carbons (Fsp3) is 0.167. The molecule has 0 aliphatic rings. The van der Waals surface area contributed by atoms with Crippen LogP contribution in [0.5, 0.6) is 0 Å². The summed E-state index contributed by atoms with van der Waals surface area (Å²) in [7, 11) is 0. The summed E-state index contributed by atoms with van der Waals surface area (Å²) in [5, 5.41) is 6.49. The van der Waals surface area contributed by atoms with Crippen LogP contribution in [-0.4, -0.2) is 20.7 Å². The zero-order valence-electron chi connectivity index (χ0n) is 14.0. The van der Waals surface area contributed by atoms with Crippen molar-refractivity contribution in [1.29, 1.82) is 0 Å². The van der Waals surface area contributed by atoms with Crippen molar-refractivity contribution < 1.29 is 18.0 Å². The van der Waals surface area contributed by atoms with Crippen molar-refractivity contribution >= 4 is 11.6 Å². The summed E-state index contributed by atoms with van der Waals surface area (Å²) in [6, 6.07) is 8.40. The summed E-state index contributed by atoms with van der Waals surface area (Å²) in [6.07, 6.45) is -1.93. The molecule has 0 atom stereocenters. The molecule has 0 saturated carbocycles. The Bertz CT molecular complexity index is 950. The highest BCUT2D eigenvalue weighted by Gasteiger charge is 2.31. The Kier molecular flexibility index (Phi) is 4.50. The fourth-order valence-electron chi connectivity index (χ4n) is 2.52. The van der Waals surface area contributed by atoms with E-state index in [2.05, 4.69) is 15.4 Å². The zero-order valence-corrected chi connectivity index (χ0v) is 14.0. The predicted octanol–water partition coefficient (Wildman–Crippen LogP) is 4.16. The molecule has 0 aliphatic heterocycles. The van der Waals surface area contributed by atoms with E-state index in [0.717, 1.165) is 23.3 Å². The lowest BCUT2D eigenvalue weighted by atomic mass is 10.0. The van der Waals surface area contributed by atoms with Gasteiger partial charge in [0, 0.05) is 5.56 Å². The van der Waals surface area contributed by atoms with E-state index in [-0.39, 0.29) is 11.4 Å². The number of aryl methyl sites for hydroxylation is 2. The van der Waals surface area contributed by atoms with Gasteiger partial charge in [0.05, 0.1) is 16.9 Å². The van der Waals surface area contributed by atoms with E-state index in [1.54, 1.807) is 19.1 Å². The van der Waals surface area contributed by atoms with Gasteiger partial charge in [0.15, 0.2) is 0 Å². The SMILES string of the molecule is Cc1ccc(C)c(C(=O)Nc2cc(C(F)(F)F)ccc2-n2cncn2)c1. The molecule has 2 aromatic carbocycles. The average molecular weight is 360 g/mol. The van der Waals surface area contributed by atoms with Gasteiger partial charge in [0.25, 0.3) is 5.91 Å². The topological polar surface area (TPSA) is 59.8 Å². The number of alkyl halides is 3. The number of rotatable bonds is 3. The van der Waals surface area contributed by atoms with E-state index in [4.69, 9.17) is 0 Å². The van der Waals surface area contributed by atoms with E-state index in [1.807, 2.05) is 13.0 Å². The van der Waals surface area contributed by atoms with Crippen molar-refractivity contribution in [2.24, 2.45) is 0 Å². The summed E-state index contributed by atoms with van der Waals surface area (Å²) in [5.74, 6) is -0.494. The van der Waals surface area contributed by atoms with E-state index in [0.29, 0.717) is 5.56 Å². The minimum Gasteiger partial charge on any atom is -0.320 e. The van der Waals surface area contributed by atoms with Gasteiger partial charge in [-0.05, 0) is 43.7 Å². The molecule has 1 heterocycles. The molecular formula is C18H15F3N4O. The molecule has 8 heteroatoms. The summed E-state index contributed by atoms with van der Waals surface area (Å²) in [5.41, 5.74) is 1.42. The molecule has 3 aromatic rings. The highest BCUT2D eigenvalue weighted by atomic mass is 19.4. The smallest absolute Gasteiger partial charge is 0.320 e. The molecule has 0 unspecified atom stereocenters. The molecule has 1 aromatic heterocycles. The molecule has 1 amide bonds. The van der Waals surface area contributed by atoms with E-state index in [1.165, 1.54) is 23.4 Å². The zero-order chi connectivity index (χ0) is 18.9. The predicted molar refractivity (Wildman–Crippen MR) is 90.2 cm³/mol. The van der Waals surface area contributed by atoms with Crippen LogP contribution < -0.4 is 5.32 Å². The van der Waals surface area contributed by atoms with Crippen LogP contribution in [0.1, 0.15) is 27.0 Å². The maximum absolute atomic E-state index is 13.1. The molecular weight excluding hydrogens is 345 g/mol.